The lowest BCUT2D eigenvalue weighted by molar-refractivity contribution is 0.0376. The van der Waals surface area contributed by atoms with Gasteiger partial charge in [-0.2, -0.15) is 5.26 Å². The smallest absolute Gasteiger partial charge is 0.291 e. The molecule has 148 valence electrons. The average Bonchev–Trinajstić information content (AvgIpc) is 3.19. The highest BCUT2D eigenvalue weighted by Gasteiger charge is 2.22. The third-order valence-corrected chi connectivity index (χ3v) is 4.67. The Morgan fingerprint density at radius 3 is 2.75 bits per heavy atom. The van der Waals surface area contributed by atoms with E-state index in [0.717, 1.165) is 45.1 Å². The van der Waals surface area contributed by atoms with Crippen LogP contribution in [0.2, 0.25) is 0 Å². The molecule has 0 aliphatic carbocycles. The quantitative estimate of drug-likeness (QED) is 0.655. The number of anilines is 1. The molecule has 1 amide bonds. The van der Waals surface area contributed by atoms with Gasteiger partial charge in [0.1, 0.15) is 11.8 Å². The zero-order valence-corrected chi connectivity index (χ0v) is 16.2. The Hall–Kier alpha value is -2.80. The highest BCUT2D eigenvalue weighted by Crippen LogP contribution is 2.19. The molecule has 3 N–H and O–H groups in total. The van der Waals surface area contributed by atoms with Crippen LogP contribution < -0.4 is 10.6 Å². The van der Waals surface area contributed by atoms with E-state index in [2.05, 4.69) is 44.3 Å². The molecule has 3 rings (SSSR count). The molecule has 0 aromatic carbocycles. The van der Waals surface area contributed by atoms with Crippen molar-refractivity contribution in [1.82, 2.24) is 25.2 Å². The molecule has 1 saturated heterocycles. The summed E-state index contributed by atoms with van der Waals surface area (Å²) in [6, 6.07) is 5.60. The molecule has 9 nitrogen and oxygen atoms in total. The summed E-state index contributed by atoms with van der Waals surface area (Å²) in [5.41, 5.74) is 1.39. The van der Waals surface area contributed by atoms with Crippen molar-refractivity contribution in [2.45, 2.75) is 19.4 Å². The van der Waals surface area contributed by atoms with Gasteiger partial charge in [-0.25, -0.2) is 4.98 Å². The Kier molecular flexibility index (Phi) is 6.36. The van der Waals surface area contributed by atoms with Crippen molar-refractivity contribution < 1.29 is 9.53 Å². The number of nitrogens with one attached hydrogen (secondary N) is 3. The van der Waals surface area contributed by atoms with Crippen LogP contribution in [0.25, 0.3) is 0 Å². The molecule has 2 aromatic rings. The third kappa shape index (κ3) is 5.13. The van der Waals surface area contributed by atoms with E-state index in [1.54, 1.807) is 12.3 Å². The maximum Gasteiger partial charge on any atom is 0.291 e. The number of nitrogens with zero attached hydrogens (tertiary/aromatic N) is 4. The van der Waals surface area contributed by atoms with E-state index < -0.39 is 5.91 Å². The van der Waals surface area contributed by atoms with Crippen LogP contribution in [0.3, 0.4) is 0 Å². The van der Waals surface area contributed by atoms with Crippen LogP contribution >= 0.6 is 0 Å². The molecule has 0 unspecified atom stereocenters. The van der Waals surface area contributed by atoms with Gasteiger partial charge in [0.05, 0.1) is 42.5 Å². The first-order valence-electron chi connectivity index (χ1n) is 9.26. The summed E-state index contributed by atoms with van der Waals surface area (Å²) in [5.74, 6) is -0.329. The van der Waals surface area contributed by atoms with Crippen molar-refractivity contribution in [3.63, 3.8) is 0 Å². The number of aromatic nitrogens is 3. The lowest BCUT2D eigenvalue weighted by Gasteiger charge is -2.30. The van der Waals surface area contributed by atoms with Crippen LogP contribution in [-0.4, -0.2) is 65.2 Å². The van der Waals surface area contributed by atoms with Gasteiger partial charge in [-0.15, -0.1) is 0 Å². The van der Waals surface area contributed by atoms with E-state index in [-0.39, 0.29) is 17.1 Å². The van der Waals surface area contributed by atoms with Crippen LogP contribution in [0.15, 0.2) is 24.5 Å². The number of amides is 1. The van der Waals surface area contributed by atoms with E-state index in [9.17, 15) is 4.79 Å². The number of carbonyl (C=O) groups is 1. The van der Waals surface area contributed by atoms with E-state index in [1.165, 1.54) is 6.20 Å². The first-order chi connectivity index (χ1) is 13.5. The molecule has 28 heavy (non-hydrogen) atoms. The molecular weight excluding hydrogens is 358 g/mol. The molecule has 3 heterocycles. The highest BCUT2D eigenvalue weighted by atomic mass is 16.5. The number of hydrogen-bond acceptors (Lipinski definition) is 7. The summed E-state index contributed by atoms with van der Waals surface area (Å²) in [4.78, 5) is 25.5. The molecule has 1 aliphatic rings. The van der Waals surface area contributed by atoms with Gasteiger partial charge >= 0.3 is 0 Å². The van der Waals surface area contributed by atoms with Gasteiger partial charge in [0.2, 0.25) is 0 Å². The highest BCUT2D eigenvalue weighted by molar-refractivity contribution is 6.01. The number of morpholine rings is 1. The summed E-state index contributed by atoms with van der Waals surface area (Å²) < 4.78 is 5.37. The largest absolute Gasteiger partial charge is 0.379 e. The molecule has 0 atom stereocenters. The van der Waals surface area contributed by atoms with Gasteiger partial charge in [-0.3, -0.25) is 14.7 Å². The molecule has 2 aromatic heterocycles. The minimum Gasteiger partial charge on any atom is -0.379 e. The zero-order valence-electron chi connectivity index (χ0n) is 16.2. The van der Waals surface area contributed by atoms with Crippen molar-refractivity contribution in [3.8, 4) is 6.07 Å². The molecular formula is C19H25N7O2. The Morgan fingerprint density at radius 2 is 2.11 bits per heavy atom. The molecule has 0 saturated carbocycles. The molecule has 0 radical (unpaired) electrons. The van der Waals surface area contributed by atoms with Gasteiger partial charge in [0.25, 0.3) is 5.91 Å². The summed E-state index contributed by atoms with van der Waals surface area (Å²) in [6.07, 6.45) is 2.94. The minimum atomic E-state index is -0.418. The van der Waals surface area contributed by atoms with Gasteiger partial charge in [0, 0.05) is 26.2 Å². The van der Waals surface area contributed by atoms with Gasteiger partial charge in [-0.05, 0) is 26.0 Å². The van der Waals surface area contributed by atoms with Crippen molar-refractivity contribution >= 4 is 11.6 Å². The number of carbonyl (C=O) groups excluding carboxylic acids is 1. The molecule has 0 bridgehead atoms. The van der Waals surface area contributed by atoms with E-state index >= 15 is 0 Å². The first kappa shape index (κ1) is 19.9. The second-order valence-electron chi connectivity index (χ2n) is 7.15. The van der Waals surface area contributed by atoms with Crippen molar-refractivity contribution in [3.05, 3.63) is 41.7 Å². The Morgan fingerprint density at radius 1 is 1.32 bits per heavy atom. The number of pyridine rings is 1. The van der Waals surface area contributed by atoms with E-state index in [0.29, 0.717) is 5.69 Å². The minimum absolute atomic E-state index is 0.0886. The predicted molar refractivity (Wildman–Crippen MR) is 104 cm³/mol. The Labute approximate surface area is 164 Å². The SMILES string of the molecule is CC(C)(NCCN1CCOCC1)c1ccc(NC(=O)c2ncc(C#N)[nH]2)cn1. The Bertz CT molecular complexity index is 833. The van der Waals surface area contributed by atoms with Gasteiger partial charge in [0.15, 0.2) is 5.82 Å². The number of rotatable bonds is 7. The predicted octanol–water partition coefficient (Wildman–Crippen LogP) is 1.09. The fourth-order valence-electron chi connectivity index (χ4n) is 2.96. The van der Waals surface area contributed by atoms with E-state index in [1.807, 2.05) is 12.1 Å². The van der Waals surface area contributed by atoms with Crippen molar-refractivity contribution in [2.24, 2.45) is 0 Å². The number of H-pyrrole nitrogens is 1. The topological polar surface area (TPSA) is 119 Å². The van der Waals surface area contributed by atoms with Crippen LogP contribution in [0.5, 0.6) is 0 Å². The Balaban J connectivity index is 1.53. The van der Waals surface area contributed by atoms with Crippen molar-refractivity contribution in [2.75, 3.05) is 44.7 Å². The molecule has 9 heteroatoms. The molecule has 1 aliphatic heterocycles. The number of aromatic amines is 1. The number of nitriles is 1. The first-order valence-corrected chi connectivity index (χ1v) is 9.26. The summed E-state index contributed by atoms with van der Waals surface area (Å²) in [6.45, 7) is 9.53. The summed E-state index contributed by atoms with van der Waals surface area (Å²) in [5, 5.41) is 15.0. The van der Waals surface area contributed by atoms with Crippen LogP contribution in [0.4, 0.5) is 5.69 Å². The number of ether oxygens (including phenoxy) is 1. The maximum atomic E-state index is 12.1. The summed E-state index contributed by atoms with van der Waals surface area (Å²) >= 11 is 0. The van der Waals surface area contributed by atoms with Gasteiger partial charge < -0.3 is 20.4 Å². The monoisotopic (exact) mass is 383 g/mol. The lowest BCUT2D eigenvalue weighted by atomic mass is 10.00. The lowest BCUT2D eigenvalue weighted by Crippen LogP contribution is -2.45. The number of imidazole rings is 1. The normalized spacial score (nSPS) is 15.2. The fourth-order valence-corrected chi connectivity index (χ4v) is 2.96. The summed E-state index contributed by atoms with van der Waals surface area (Å²) in [7, 11) is 0. The van der Waals surface area contributed by atoms with Crippen LogP contribution in [-0.2, 0) is 10.3 Å². The van der Waals surface area contributed by atoms with Crippen molar-refractivity contribution in [1.29, 1.82) is 5.26 Å². The van der Waals surface area contributed by atoms with Crippen LogP contribution in [0, 0.1) is 11.3 Å². The second-order valence-corrected chi connectivity index (χ2v) is 7.15. The molecule has 0 spiro atoms. The second kappa shape index (κ2) is 8.93. The van der Waals surface area contributed by atoms with E-state index in [4.69, 9.17) is 10.00 Å². The third-order valence-electron chi connectivity index (χ3n) is 4.67. The standard InChI is InChI=1S/C19H25N7O2/c1-19(2,23-5-6-26-7-9-28-10-8-26)16-4-3-14(12-21-16)25-18(27)17-22-13-15(11-20)24-17/h3-4,12-13,23H,5-10H2,1-2H3,(H,22,24)(H,25,27). The maximum absolute atomic E-state index is 12.1. The van der Waals surface area contributed by atoms with Crippen LogP contribution in [0.1, 0.15) is 35.9 Å². The zero-order chi connectivity index (χ0) is 20.0. The fraction of sp³-hybridized carbons (Fsp3) is 0.474. The number of hydrogen-bond donors (Lipinski definition) is 3. The molecule has 1 fully saturated rings. The van der Waals surface area contributed by atoms with Gasteiger partial charge in [-0.1, -0.05) is 0 Å². The average molecular weight is 383 g/mol.